The number of benzene rings is 2. The molecule has 3 rings (SSSR count). The van der Waals surface area contributed by atoms with Crippen LogP contribution in [0.2, 0.25) is 0 Å². The van der Waals surface area contributed by atoms with E-state index in [2.05, 4.69) is 6.58 Å². The van der Waals surface area contributed by atoms with E-state index in [0.717, 1.165) is 28.5 Å². The van der Waals surface area contributed by atoms with Gasteiger partial charge >= 0.3 is 0 Å². The zero-order chi connectivity index (χ0) is 20.1. The second kappa shape index (κ2) is 8.65. The SMILES string of the molecule is C=CCC(c1ccc(OC)c(OC)c1)c1nccc2cc(OC)c(OC)cc12. The van der Waals surface area contributed by atoms with Crippen LogP contribution >= 0.6 is 0 Å². The molecule has 1 atom stereocenters. The van der Waals surface area contributed by atoms with Crippen LogP contribution in [0.5, 0.6) is 23.0 Å². The van der Waals surface area contributed by atoms with Crippen LogP contribution in [0, 0.1) is 0 Å². The Hall–Kier alpha value is -3.21. The molecule has 0 amide bonds. The highest BCUT2D eigenvalue weighted by Gasteiger charge is 2.20. The molecule has 0 N–H and O–H groups in total. The molecule has 3 aromatic rings. The van der Waals surface area contributed by atoms with Crippen molar-refractivity contribution in [3.05, 3.63) is 66.5 Å². The first kappa shape index (κ1) is 19.5. The van der Waals surface area contributed by atoms with Gasteiger partial charge in [0.2, 0.25) is 0 Å². The molecule has 5 nitrogen and oxygen atoms in total. The average Bonchev–Trinajstić information content (AvgIpc) is 2.75. The van der Waals surface area contributed by atoms with Crippen LogP contribution in [-0.4, -0.2) is 33.4 Å². The molecule has 0 spiro atoms. The quantitative estimate of drug-likeness (QED) is 0.517. The van der Waals surface area contributed by atoms with Gasteiger partial charge in [0.1, 0.15) is 0 Å². The Kier molecular flexibility index (Phi) is 6.04. The van der Waals surface area contributed by atoms with Crippen molar-refractivity contribution >= 4 is 10.8 Å². The minimum atomic E-state index is 0.0131. The van der Waals surface area contributed by atoms with Gasteiger partial charge in [-0.3, -0.25) is 4.98 Å². The standard InChI is InChI=1S/C23H25NO4/c1-6-7-17(15-8-9-19(25-2)20(12-15)26-3)23-18-14-22(28-5)21(27-4)13-16(18)10-11-24-23/h6,8-14,17H,1,7H2,2-5H3. The summed E-state index contributed by atoms with van der Waals surface area (Å²) in [5, 5.41) is 2.05. The summed E-state index contributed by atoms with van der Waals surface area (Å²) < 4.78 is 21.8. The first-order valence-corrected chi connectivity index (χ1v) is 9.00. The lowest BCUT2D eigenvalue weighted by molar-refractivity contribution is 0.354. The van der Waals surface area contributed by atoms with Crippen molar-refractivity contribution in [2.45, 2.75) is 12.3 Å². The zero-order valence-electron chi connectivity index (χ0n) is 16.7. The van der Waals surface area contributed by atoms with Gasteiger partial charge in [0.15, 0.2) is 23.0 Å². The van der Waals surface area contributed by atoms with Gasteiger partial charge in [0.05, 0.1) is 34.1 Å². The number of allylic oxidation sites excluding steroid dienone is 1. The molecule has 0 radical (unpaired) electrons. The largest absolute Gasteiger partial charge is 0.493 e. The molecule has 5 heteroatoms. The van der Waals surface area contributed by atoms with Crippen LogP contribution in [-0.2, 0) is 0 Å². The van der Waals surface area contributed by atoms with E-state index < -0.39 is 0 Å². The van der Waals surface area contributed by atoms with E-state index in [1.807, 2.05) is 48.7 Å². The zero-order valence-corrected chi connectivity index (χ0v) is 16.7. The Balaban J connectivity index is 2.20. The molecule has 0 fully saturated rings. The third-order valence-corrected chi connectivity index (χ3v) is 4.84. The number of aromatic nitrogens is 1. The average molecular weight is 379 g/mol. The smallest absolute Gasteiger partial charge is 0.161 e. The Labute approximate surface area is 165 Å². The highest BCUT2D eigenvalue weighted by atomic mass is 16.5. The summed E-state index contributed by atoms with van der Waals surface area (Å²) in [6.45, 7) is 3.94. The Morgan fingerprint density at radius 1 is 0.857 bits per heavy atom. The Morgan fingerprint density at radius 3 is 2.14 bits per heavy atom. The highest BCUT2D eigenvalue weighted by molar-refractivity contribution is 5.88. The van der Waals surface area contributed by atoms with E-state index in [1.54, 1.807) is 28.4 Å². The van der Waals surface area contributed by atoms with Crippen LogP contribution in [0.1, 0.15) is 23.6 Å². The van der Waals surface area contributed by atoms with Crippen molar-refractivity contribution in [2.24, 2.45) is 0 Å². The lowest BCUT2D eigenvalue weighted by atomic mass is 9.89. The minimum absolute atomic E-state index is 0.0131. The molecule has 146 valence electrons. The van der Waals surface area contributed by atoms with Crippen molar-refractivity contribution in [3.8, 4) is 23.0 Å². The molecule has 28 heavy (non-hydrogen) atoms. The number of methoxy groups -OCH3 is 4. The lowest BCUT2D eigenvalue weighted by Gasteiger charge is -2.20. The number of ether oxygens (including phenoxy) is 4. The maximum absolute atomic E-state index is 5.50. The summed E-state index contributed by atoms with van der Waals surface area (Å²) in [6.07, 6.45) is 4.46. The molecular formula is C23H25NO4. The van der Waals surface area contributed by atoms with Crippen LogP contribution < -0.4 is 18.9 Å². The molecule has 1 unspecified atom stereocenters. The molecule has 1 heterocycles. The molecule has 1 aromatic heterocycles. The molecule has 0 aliphatic rings. The lowest BCUT2D eigenvalue weighted by Crippen LogP contribution is -2.05. The number of hydrogen-bond donors (Lipinski definition) is 0. The van der Waals surface area contributed by atoms with Gasteiger partial charge in [-0.15, -0.1) is 6.58 Å². The molecular weight excluding hydrogens is 354 g/mol. The van der Waals surface area contributed by atoms with E-state index >= 15 is 0 Å². The second-order valence-electron chi connectivity index (χ2n) is 6.32. The number of hydrogen-bond acceptors (Lipinski definition) is 5. The second-order valence-corrected chi connectivity index (χ2v) is 6.32. The van der Waals surface area contributed by atoms with Gasteiger partial charge in [-0.1, -0.05) is 12.1 Å². The monoisotopic (exact) mass is 379 g/mol. The Bertz CT molecular complexity index is 984. The van der Waals surface area contributed by atoms with Gasteiger partial charge in [-0.2, -0.15) is 0 Å². The minimum Gasteiger partial charge on any atom is -0.493 e. The summed E-state index contributed by atoms with van der Waals surface area (Å²) in [5.41, 5.74) is 2.03. The van der Waals surface area contributed by atoms with Gasteiger partial charge in [0.25, 0.3) is 0 Å². The van der Waals surface area contributed by atoms with Crippen molar-refractivity contribution in [1.29, 1.82) is 0 Å². The van der Waals surface area contributed by atoms with Gasteiger partial charge in [-0.05, 0) is 47.7 Å². The van der Waals surface area contributed by atoms with Crippen molar-refractivity contribution in [3.63, 3.8) is 0 Å². The third-order valence-electron chi connectivity index (χ3n) is 4.84. The Morgan fingerprint density at radius 2 is 1.50 bits per heavy atom. The predicted octanol–water partition coefficient (Wildman–Crippen LogP) is 4.98. The molecule has 0 bridgehead atoms. The van der Waals surface area contributed by atoms with Crippen LogP contribution in [0.4, 0.5) is 0 Å². The van der Waals surface area contributed by atoms with Crippen molar-refractivity contribution < 1.29 is 18.9 Å². The molecule has 0 aliphatic heterocycles. The normalized spacial score (nSPS) is 11.7. The van der Waals surface area contributed by atoms with E-state index in [-0.39, 0.29) is 5.92 Å². The van der Waals surface area contributed by atoms with Gasteiger partial charge in [-0.25, -0.2) is 0 Å². The topological polar surface area (TPSA) is 49.8 Å². The van der Waals surface area contributed by atoms with Crippen molar-refractivity contribution in [1.82, 2.24) is 4.98 Å². The molecule has 2 aromatic carbocycles. The molecule has 0 aliphatic carbocycles. The summed E-state index contributed by atoms with van der Waals surface area (Å²) in [5.74, 6) is 2.76. The van der Waals surface area contributed by atoms with E-state index in [0.29, 0.717) is 23.0 Å². The molecule has 0 saturated heterocycles. The summed E-state index contributed by atoms with van der Waals surface area (Å²) in [4.78, 5) is 4.71. The van der Waals surface area contributed by atoms with Gasteiger partial charge in [0, 0.05) is 17.5 Å². The third kappa shape index (κ3) is 3.60. The molecule has 0 saturated carbocycles. The van der Waals surface area contributed by atoms with Gasteiger partial charge < -0.3 is 18.9 Å². The van der Waals surface area contributed by atoms with Crippen molar-refractivity contribution in [2.75, 3.05) is 28.4 Å². The predicted molar refractivity (Wildman–Crippen MR) is 111 cm³/mol. The van der Waals surface area contributed by atoms with Crippen LogP contribution in [0.25, 0.3) is 10.8 Å². The summed E-state index contributed by atoms with van der Waals surface area (Å²) in [6, 6.07) is 11.9. The number of fused-ring (bicyclic) bond motifs is 1. The number of pyridine rings is 1. The number of rotatable bonds is 8. The van der Waals surface area contributed by atoms with E-state index in [9.17, 15) is 0 Å². The fraction of sp³-hybridized carbons (Fsp3) is 0.261. The maximum atomic E-state index is 5.50. The fourth-order valence-electron chi connectivity index (χ4n) is 3.44. The summed E-state index contributed by atoms with van der Waals surface area (Å²) >= 11 is 0. The fourth-order valence-corrected chi connectivity index (χ4v) is 3.44. The first-order chi connectivity index (χ1) is 13.7. The highest BCUT2D eigenvalue weighted by Crippen LogP contribution is 2.39. The van der Waals surface area contributed by atoms with E-state index in [4.69, 9.17) is 23.9 Å². The number of nitrogens with zero attached hydrogens (tertiary/aromatic N) is 1. The van der Waals surface area contributed by atoms with Crippen LogP contribution in [0.3, 0.4) is 0 Å². The summed E-state index contributed by atoms with van der Waals surface area (Å²) in [7, 11) is 6.54. The first-order valence-electron chi connectivity index (χ1n) is 9.00. The van der Waals surface area contributed by atoms with E-state index in [1.165, 1.54) is 0 Å². The van der Waals surface area contributed by atoms with Crippen LogP contribution in [0.15, 0.2) is 55.3 Å². The maximum Gasteiger partial charge on any atom is 0.161 e.